The first-order valence-corrected chi connectivity index (χ1v) is 7.72. The number of carbonyl (C=O) groups is 1. The van der Waals surface area contributed by atoms with Gasteiger partial charge in [-0.05, 0) is 6.92 Å². The molecule has 7 nitrogen and oxygen atoms in total. The van der Waals surface area contributed by atoms with Crippen LogP contribution in [0.4, 0.5) is 5.82 Å². The van der Waals surface area contributed by atoms with Crippen molar-refractivity contribution in [2.75, 3.05) is 11.6 Å². The molecule has 1 aromatic rings. The molecule has 0 aliphatic rings. The number of anilines is 1. The summed E-state index contributed by atoms with van der Waals surface area (Å²) in [6.07, 6.45) is 1.00. The van der Waals surface area contributed by atoms with E-state index in [2.05, 4.69) is 20.2 Å². The maximum absolute atomic E-state index is 11.8. The summed E-state index contributed by atoms with van der Waals surface area (Å²) in [5.41, 5.74) is 0.776. The predicted molar refractivity (Wildman–Crippen MR) is 73.4 cm³/mol. The van der Waals surface area contributed by atoms with E-state index in [4.69, 9.17) is 0 Å². The fourth-order valence-electron chi connectivity index (χ4n) is 1.38. The van der Waals surface area contributed by atoms with Gasteiger partial charge in [0.25, 0.3) is 0 Å². The molecule has 1 rings (SSSR count). The van der Waals surface area contributed by atoms with E-state index in [1.54, 1.807) is 6.07 Å². The van der Waals surface area contributed by atoms with Gasteiger partial charge in [-0.15, -0.1) is 0 Å². The van der Waals surface area contributed by atoms with E-state index in [1.807, 2.05) is 20.8 Å². The number of carbonyl (C=O) groups excluding carboxylic acids is 1. The molecule has 0 fully saturated rings. The molecule has 0 aliphatic carbocycles. The number of rotatable bonds is 4. The molecule has 1 heterocycles. The highest BCUT2D eigenvalue weighted by atomic mass is 32.2. The summed E-state index contributed by atoms with van der Waals surface area (Å²) in [6.45, 7) is 7.51. The Morgan fingerprint density at radius 3 is 2.42 bits per heavy atom. The van der Waals surface area contributed by atoms with Gasteiger partial charge in [0.05, 0.1) is 12.3 Å². The standard InChI is InChI=1S/C11H20N4O3S/c1-7(15-19(5,17)18)10(16)12-9-6-8(13-14-9)11(2,3)4/h6-7,15H,1-5H3,(H2,12,13,14,16). The number of amides is 1. The molecular weight excluding hydrogens is 268 g/mol. The smallest absolute Gasteiger partial charge is 0.243 e. The maximum Gasteiger partial charge on any atom is 0.243 e. The van der Waals surface area contributed by atoms with Gasteiger partial charge >= 0.3 is 0 Å². The second kappa shape index (κ2) is 5.30. The molecule has 1 atom stereocenters. The normalized spacial score (nSPS) is 14.2. The minimum absolute atomic E-state index is 0.105. The minimum Gasteiger partial charge on any atom is -0.308 e. The van der Waals surface area contributed by atoms with Crippen molar-refractivity contribution in [3.05, 3.63) is 11.8 Å². The lowest BCUT2D eigenvalue weighted by Crippen LogP contribution is -2.41. The SMILES string of the molecule is CC(NS(C)(=O)=O)C(=O)Nc1cc(C(C)(C)C)[nH]n1. The van der Waals surface area contributed by atoms with Crippen molar-refractivity contribution in [2.45, 2.75) is 39.2 Å². The fraction of sp³-hybridized carbons (Fsp3) is 0.636. The maximum atomic E-state index is 11.8. The third kappa shape index (κ3) is 4.99. The number of hydrogen-bond acceptors (Lipinski definition) is 4. The van der Waals surface area contributed by atoms with Crippen LogP contribution in [0.1, 0.15) is 33.4 Å². The molecule has 0 saturated carbocycles. The number of nitrogens with one attached hydrogen (secondary N) is 3. The van der Waals surface area contributed by atoms with E-state index < -0.39 is 22.0 Å². The summed E-state index contributed by atoms with van der Waals surface area (Å²) in [4.78, 5) is 11.8. The summed E-state index contributed by atoms with van der Waals surface area (Å²) in [5.74, 6) is -0.0885. The third-order valence-corrected chi connectivity index (χ3v) is 3.20. The van der Waals surface area contributed by atoms with Gasteiger partial charge in [-0.25, -0.2) is 13.1 Å². The van der Waals surface area contributed by atoms with Crippen LogP contribution in [-0.4, -0.2) is 36.8 Å². The zero-order chi connectivity index (χ0) is 14.8. The van der Waals surface area contributed by atoms with Crippen molar-refractivity contribution in [3.63, 3.8) is 0 Å². The van der Waals surface area contributed by atoms with Gasteiger partial charge in [0.2, 0.25) is 15.9 Å². The van der Waals surface area contributed by atoms with Crippen LogP contribution in [0.3, 0.4) is 0 Å². The second-order valence-electron chi connectivity index (χ2n) is 5.52. The van der Waals surface area contributed by atoms with E-state index in [0.29, 0.717) is 5.82 Å². The Balaban J connectivity index is 2.70. The lowest BCUT2D eigenvalue weighted by molar-refractivity contribution is -0.117. The Labute approximate surface area is 113 Å². The minimum atomic E-state index is -3.42. The topological polar surface area (TPSA) is 104 Å². The molecule has 1 amide bonds. The van der Waals surface area contributed by atoms with Crippen LogP contribution in [0.2, 0.25) is 0 Å². The number of nitrogens with zero attached hydrogens (tertiary/aromatic N) is 1. The molecule has 8 heteroatoms. The predicted octanol–water partition coefficient (Wildman–Crippen LogP) is 0.583. The van der Waals surface area contributed by atoms with E-state index in [1.165, 1.54) is 6.92 Å². The number of H-pyrrole nitrogens is 1. The molecular formula is C11H20N4O3S. The number of hydrogen-bond donors (Lipinski definition) is 3. The molecule has 3 N–H and O–H groups in total. The van der Waals surface area contributed by atoms with Crippen LogP contribution in [0.15, 0.2) is 6.07 Å². The van der Waals surface area contributed by atoms with Crippen molar-refractivity contribution >= 4 is 21.7 Å². The van der Waals surface area contributed by atoms with E-state index in [-0.39, 0.29) is 5.41 Å². The van der Waals surface area contributed by atoms with Crippen LogP contribution >= 0.6 is 0 Å². The lowest BCUT2D eigenvalue weighted by Gasteiger charge is -2.14. The Morgan fingerprint density at radius 2 is 2.00 bits per heavy atom. The molecule has 1 aromatic heterocycles. The van der Waals surface area contributed by atoms with Gasteiger partial charge in [-0.1, -0.05) is 20.8 Å². The third-order valence-electron chi connectivity index (χ3n) is 2.42. The largest absolute Gasteiger partial charge is 0.308 e. The van der Waals surface area contributed by atoms with E-state index in [9.17, 15) is 13.2 Å². The fourth-order valence-corrected chi connectivity index (χ4v) is 2.13. The first kappa shape index (κ1) is 15.6. The van der Waals surface area contributed by atoms with Gasteiger partial charge < -0.3 is 5.32 Å². The van der Waals surface area contributed by atoms with Gasteiger partial charge in [-0.2, -0.15) is 5.10 Å². The highest BCUT2D eigenvalue weighted by molar-refractivity contribution is 7.88. The Morgan fingerprint density at radius 1 is 1.42 bits per heavy atom. The summed E-state index contributed by atoms with van der Waals surface area (Å²) in [7, 11) is -3.42. The van der Waals surface area contributed by atoms with Crippen LogP contribution in [0.25, 0.3) is 0 Å². The van der Waals surface area contributed by atoms with Crippen molar-refractivity contribution < 1.29 is 13.2 Å². The highest BCUT2D eigenvalue weighted by Gasteiger charge is 2.20. The van der Waals surface area contributed by atoms with Crippen molar-refractivity contribution in [3.8, 4) is 0 Å². The van der Waals surface area contributed by atoms with Crippen molar-refractivity contribution in [1.29, 1.82) is 0 Å². The van der Waals surface area contributed by atoms with Crippen molar-refractivity contribution in [2.24, 2.45) is 0 Å². The average molecular weight is 288 g/mol. The van der Waals surface area contributed by atoms with Gasteiger partial charge in [0.15, 0.2) is 5.82 Å². The van der Waals surface area contributed by atoms with Gasteiger partial charge in [0.1, 0.15) is 0 Å². The summed E-state index contributed by atoms with van der Waals surface area (Å²) >= 11 is 0. The second-order valence-corrected chi connectivity index (χ2v) is 7.30. The highest BCUT2D eigenvalue weighted by Crippen LogP contribution is 2.21. The van der Waals surface area contributed by atoms with Crippen LogP contribution in [-0.2, 0) is 20.2 Å². The first-order valence-electron chi connectivity index (χ1n) is 5.83. The zero-order valence-electron chi connectivity index (χ0n) is 11.7. The van der Waals surface area contributed by atoms with Crippen molar-refractivity contribution in [1.82, 2.24) is 14.9 Å². The molecule has 108 valence electrons. The Hall–Kier alpha value is -1.41. The van der Waals surface area contributed by atoms with Crippen LogP contribution < -0.4 is 10.0 Å². The van der Waals surface area contributed by atoms with Gasteiger partial charge in [-0.3, -0.25) is 9.89 Å². The monoisotopic (exact) mass is 288 g/mol. The summed E-state index contributed by atoms with van der Waals surface area (Å²) in [5, 5.41) is 9.35. The van der Waals surface area contributed by atoms with Gasteiger partial charge in [0, 0.05) is 17.2 Å². The Bertz CT molecular complexity index is 557. The quantitative estimate of drug-likeness (QED) is 0.754. The Kier molecular flexibility index (Phi) is 4.36. The summed E-state index contributed by atoms with van der Waals surface area (Å²) < 4.78 is 24.2. The molecule has 0 aliphatic heterocycles. The number of aromatic nitrogens is 2. The summed E-state index contributed by atoms with van der Waals surface area (Å²) in [6, 6.07) is 0.871. The van der Waals surface area contributed by atoms with E-state index >= 15 is 0 Å². The average Bonchev–Trinajstić information content (AvgIpc) is 2.62. The lowest BCUT2D eigenvalue weighted by atomic mass is 9.92. The van der Waals surface area contributed by atoms with Crippen LogP contribution in [0.5, 0.6) is 0 Å². The molecule has 0 radical (unpaired) electrons. The zero-order valence-corrected chi connectivity index (χ0v) is 12.6. The number of aromatic amines is 1. The molecule has 0 bridgehead atoms. The molecule has 0 aromatic carbocycles. The molecule has 19 heavy (non-hydrogen) atoms. The molecule has 0 saturated heterocycles. The first-order chi connectivity index (χ1) is 8.49. The molecule has 0 spiro atoms. The molecule has 1 unspecified atom stereocenters. The van der Waals surface area contributed by atoms with E-state index in [0.717, 1.165) is 11.9 Å². The van der Waals surface area contributed by atoms with Crippen LogP contribution in [0, 0.1) is 0 Å². The number of sulfonamides is 1.